The minimum absolute atomic E-state index is 0.117. The summed E-state index contributed by atoms with van der Waals surface area (Å²) >= 11 is 4.88. The molecule has 0 atom stereocenters. The zero-order valence-electron chi connectivity index (χ0n) is 18.2. The Labute approximate surface area is 215 Å². The van der Waals surface area contributed by atoms with E-state index in [4.69, 9.17) is 0 Å². The summed E-state index contributed by atoms with van der Waals surface area (Å²) in [4.78, 5) is 5.10. The highest BCUT2D eigenvalue weighted by Gasteiger charge is 2.24. The minimum atomic E-state index is -0.167. The predicted octanol–water partition coefficient (Wildman–Crippen LogP) is 8.86. The average Bonchev–Trinajstić information content (AvgIpc) is 3.67. The van der Waals surface area contributed by atoms with Crippen molar-refractivity contribution in [3.63, 3.8) is 0 Å². The third-order valence-corrected chi connectivity index (χ3v) is 8.96. The first-order chi connectivity index (χ1) is 17.2. The van der Waals surface area contributed by atoms with Crippen molar-refractivity contribution in [3.05, 3.63) is 101 Å². The molecule has 0 spiro atoms. The van der Waals surface area contributed by atoms with Gasteiger partial charge in [-0.25, -0.2) is 0 Å². The quantitative estimate of drug-likeness (QED) is 0.226. The lowest BCUT2D eigenvalue weighted by molar-refractivity contribution is 1.46. The van der Waals surface area contributed by atoms with Crippen molar-refractivity contribution in [2.75, 3.05) is 0 Å². The van der Waals surface area contributed by atoms with Crippen LogP contribution in [0.4, 0.5) is 0 Å². The Balaban J connectivity index is 1.81. The summed E-state index contributed by atoms with van der Waals surface area (Å²) in [5.74, 6) is 0. The molecule has 5 aromatic rings. The van der Waals surface area contributed by atoms with Crippen molar-refractivity contribution in [2.45, 2.75) is 0 Å². The largest absolute Gasteiger partial charge is 0.192 e. The fourth-order valence-corrected chi connectivity index (χ4v) is 7.24. The first-order valence-electron chi connectivity index (χ1n) is 10.6. The normalized spacial score (nSPS) is 10.2. The number of benzene rings is 2. The fraction of sp³-hybridized carbons (Fsp3) is 0. The Morgan fingerprint density at radius 3 is 1.69 bits per heavy atom. The first-order valence-corrected chi connectivity index (χ1v) is 13.1. The molecule has 0 fully saturated rings. The van der Waals surface area contributed by atoms with Crippen molar-refractivity contribution in [1.29, 1.82) is 15.8 Å². The molecule has 0 aliphatic rings. The van der Waals surface area contributed by atoms with E-state index in [1.807, 2.05) is 54.6 Å². The van der Waals surface area contributed by atoms with Crippen LogP contribution in [0.2, 0.25) is 0 Å². The molecular weight excluding hydrogens is 487 g/mol. The number of rotatable bonds is 5. The summed E-state index contributed by atoms with van der Waals surface area (Å²) in [5.41, 5.74) is 4.52. The van der Waals surface area contributed by atoms with Crippen molar-refractivity contribution in [3.8, 4) is 60.0 Å². The summed E-state index contributed by atoms with van der Waals surface area (Å²) < 4.78 is 0. The molecule has 164 valence electrons. The zero-order valence-corrected chi connectivity index (χ0v) is 20.7. The molecule has 0 unspecified atom stereocenters. The van der Waals surface area contributed by atoms with Crippen LogP contribution in [-0.4, -0.2) is 0 Å². The molecule has 3 nitrogen and oxygen atoms in total. The summed E-state index contributed by atoms with van der Waals surface area (Å²) in [7, 11) is 0. The van der Waals surface area contributed by atoms with Crippen molar-refractivity contribution in [1.82, 2.24) is 0 Å². The molecule has 0 bridgehead atoms. The van der Waals surface area contributed by atoms with Crippen molar-refractivity contribution in [2.24, 2.45) is 0 Å². The Kier molecular flexibility index (Phi) is 6.40. The van der Waals surface area contributed by atoms with Gasteiger partial charge in [-0.15, -0.1) is 34.0 Å². The molecule has 5 rings (SSSR count). The van der Waals surface area contributed by atoms with Gasteiger partial charge in [0.1, 0.15) is 23.8 Å². The molecule has 0 saturated carbocycles. The third-order valence-electron chi connectivity index (χ3n) is 5.44. The maximum Gasteiger partial charge on any atom is 0.148 e. The van der Waals surface area contributed by atoms with Crippen LogP contribution < -0.4 is 0 Å². The summed E-state index contributed by atoms with van der Waals surface area (Å²) in [6.45, 7) is 0. The van der Waals surface area contributed by atoms with E-state index in [1.165, 1.54) is 26.7 Å². The van der Waals surface area contributed by atoms with Gasteiger partial charge in [-0.05, 0) is 34.7 Å². The van der Waals surface area contributed by atoms with E-state index in [-0.39, 0.29) is 11.1 Å². The molecule has 0 N–H and O–H groups in total. The molecule has 0 saturated heterocycles. The number of nitrogens with zero attached hydrogens (tertiary/aromatic N) is 3. The second kappa shape index (κ2) is 9.94. The average molecular weight is 502 g/mol. The van der Waals surface area contributed by atoms with Crippen LogP contribution in [0.3, 0.4) is 0 Å². The molecule has 2 aromatic carbocycles. The summed E-state index contributed by atoms with van der Waals surface area (Å²) in [6, 6.07) is 34.5. The Morgan fingerprint density at radius 2 is 1.17 bits per heavy atom. The van der Waals surface area contributed by atoms with E-state index >= 15 is 0 Å². The first kappa shape index (κ1) is 22.5. The lowest BCUT2D eigenvalue weighted by Gasteiger charge is -2.09. The van der Waals surface area contributed by atoms with Gasteiger partial charge in [-0.1, -0.05) is 66.7 Å². The van der Waals surface area contributed by atoms with Crippen LogP contribution >= 0.6 is 34.0 Å². The van der Waals surface area contributed by atoms with Crippen LogP contribution in [0.1, 0.15) is 4.88 Å². The van der Waals surface area contributed by atoms with Crippen molar-refractivity contribution < 1.29 is 0 Å². The lowest BCUT2D eigenvalue weighted by atomic mass is 9.94. The fourth-order valence-electron chi connectivity index (χ4n) is 3.91. The second-order valence-corrected chi connectivity index (χ2v) is 10.5. The smallest absolute Gasteiger partial charge is 0.148 e. The third kappa shape index (κ3) is 4.21. The highest BCUT2D eigenvalue weighted by Crippen LogP contribution is 2.54. The van der Waals surface area contributed by atoms with Crippen LogP contribution in [0.15, 0.2) is 95.9 Å². The highest BCUT2D eigenvalue weighted by molar-refractivity contribution is 7.27. The zero-order chi connectivity index (χ0) is 24.2. The molecule has 3 aromatic heterocycles. The monoisotopic (exact) mass is 501 g/mol. The predicted molar refractivity (Wildman–Crippen MR) is 146 cm³/mol. The van der Waals surface area contributed by atoms with E-state index in [1.54, 1.807) is 22.7 Å². The number of thiophene rings is 3. The lowest BCUT2D eigenvalue weighted by Crippen LogP contribution is -1.84. The standard InChI is InChI=1S/C29H15N3S3/c30-16-21(17-31)22(18-32)23-13-14-25(34-23)29-27(20-10-5-2-6-11-20)26(19-8-3-1-4-9-19)28(35-29)24-12-7-15-33-24/h1-15H. The summed E-state index contributed by atoms with van der Waals surface area (Å²) in [6.07, 6.45) is 0. The van der Waals surface area contributed by atoms with Gasteiger partial charge in [0.05, 0.1) is 15.3 Å². The molecular formula is C29H15N3S3. The molecule has 6 heteroatoms. The molecule has 3 heterocycles. The second-order valence-electron chi connectivity index (χ2n) is 7.47. The number of allylic oxidation sites excluding steroid dienone is 2. The van der Waals surface area contributed by atoms with Crippen LogP contribution in [0, 0.1) is 34.0 Å². The van der Waals surface area contributed by atoms with Gasteiger partial charge in [-0.2, -0.15) is 15.8 Å². The molecule has 0 aliphatic carbocycles. The highest BCUT2D eigenvalue weighted by atomic mass is 32.1. The topological polar surface area (TPSA) is 71.4 Å². The van der Waals surface area contributed by atoms with Gasteiger partial charge >= 0.3 is 0 Å². The van der Waals surface area contributed by atoms with E-state index in [9.17, 15) is 15.8 Å². The number of nitriles is 3. The Hall–Kier alpha value is -4.25. The van der Waals surface area contributed by atoms with E-state index in [0.29, 0.717) is 4.88 Å². The van der Waals surface area contributed by atoms with Gasteiger partial charge in [0.25, 0.3) is 0 Å². The molecule has 35 heavy (non-hydrogen) atoms. The van der Waals surface area contributed by atoms with Gasteiger partial charge in [0.2, 0.25) is 0 Å². The van der Waals surface area contributed by atoms with E-state index in [0.717, 1.165) is 26.4 Å². The maximum atomic E-state index is 9.65. The Morgan fingerprint density at radius 1 is 0.571 bits per heavy atom. The van der Waals surface area contributed by atoms with E-state index in [2.05, 4.69) is 53.9 Å². The van der Waals surface area contributed by atoms with Gasteiger partial charge in [-0.3, -0.25) is 0 Å². The molecule has 0 radical (unpaired) electrons. The van der Waals surface area contributed by atoms with Gasteiger partial charge in [0.15, 0.2) is 0 Å². The SMILES string of the molecule is N#CC(C#N)=C(C#N)c1ccc(-c2sc(-c3cccs3)c(-c3ccccc3)c2-c2ccccc2)s1. The van der Waals surface area contributed by atoms with Crippen LogP contribution in [0.5, 0.6) is 0 Å². The van der Waals surface area contributed by atoms with E-state index < -0.39 is 0 Å². The summed E-state index contributed by atoms with van der Waals surface area (Å²) in [5, 5.41) is 30.3. The van der Waals surface area contributed by atoms with Crippen LogP contribution in [-0.2, 0) is 0 Å². The van der Waals surface area contributed by atoms with Gasteiger partial charge in [0, 0.05) is 25.8 Å². The maximum absolute atomic E-state index is 9.65. The van der Waals surface area contributed by atoms with Crippen molar-refractivity contribution >= 4 is 39.6 Å². The molecule has 0 aliphatic heterocycles. The number of hydrogen-bond donors (Lipinski definition) is 0. The van der Waals surface area contributed by atoms with Crippen LogP contribution in [0.25, 0.3) is 47.3 Å². The number of hydrogen-bond acceptors (Lipinski definition) is 6. The minimum Gasteiger partial charge on any atom is -0.192 e. The molecule has 0 amide bonds. The Bertz CT molecular complexity index is 1640. The van der Waals surface area contributed by atoms with Gasteiger partial charge < -0.3 is 0 Å².